The van der Waals surface area contributed by atoms with Gasteiger partial charge in [-0.15, -0.1) is 0 Å². The van der Waals surface area contributed by atoms with Crippen LogP contribution in [0.15, 0.2) is 0 Å². The van der Waals surface area contributed by atoms with Gasteiger partial charge in [-0.1, -0.05) is 12.8 Å². The van der Waals surface area contributed by atoms with Crippen LogP contribution in [-0.2, 0) is 0 Å². The molecule has 2 nitrogen and oxygen atoms in total. The topological polar surface area (TPSA) is 32.3 Å². The normalized spacial score (nSPS) is 55.5. The number of rotatable bonds is 1. The molecule has 1 saturated heterocycles. The zero-order chi connectivity index (χ0) is 12.2. The molecule has 5 aliphatic rings. The molecule has 1 heterocycles. The van der Waals surface area contributed by atoms with Crippen molar-refractivity contribution in [2.45, 2.75) is 69.4 Å². The van der Waals surface area contributed by atoms with Crippen molar-refractivity contribution in [1.29, 1.82) is 0 Å². The molecule has 0 amide bonds. The summed E-state index contributed by atoms with van der Waals surface area (Å²) in [5.74, 6) is 3.14. The van der Waals surface area contributed by atoms with E-state index >= 15 is 0 Å². The van der Waals surface area contributed by atoms with Crippen LogP contribution in [0.5, 0.6) is 0 Å². The number of hydrogen-bond acceptors (Lipinski definition) is 2. The molecule has 1 atom stereocenters. The van der Waals surface area contributed by atoms with Crippen LogP contribution in [0.2, 0.25) is 0 Å². The molecule has 5 fully saturated rings. The molecule has 0 spiro atoms. The van der Waals surface area contributed by atoms with Gasteiger partial charge in [0, 0.05) is 6.04 Å². The van der Waals surface area contributed by atoms with Gasteiger partial charge in [0.1, 0.15) is 0 Å². The van der Waals surface area contributed by atoms with Gasteiger partial charge in [0.15, 0.2) is 0 Å². The van der Waals surface area contributed by atoms with Crippen LogP contribution in [0.25, 0.3) is 0 Å². The van der Waals surface area contributed by atoms with Crippen molar-refractivity contribution in [1.82, 2.24) is 5.32 Å². The highest BCUT2D eigenvalue weighted by molar-refractivity contribution is 5.11. The third-order valence-electron chi connectivity index (χ3n) is 6.56. The zero-order valence-corrected chi connectivity index (χ0v) is 11.4. The van der Waals surface area contributed by atoms with Gasteiger partial charge in [0.2, 0.25) is 0 Å². The number of hydrogen-bond donors (Lipinski definition) is 2. The van der Waals surface area contributed by atoms with Crippen molar-refractivity contribution in [2.24, 2.45) is 23.7 Å². The van der Waals surface area contributed by atoms with Gasteiger partial charge in [-0.25, -0.2) is 0 Å². The van der Waals surface area contributed by atoms with Crippen LogP contribution in [0.4, 0.5) is 0 Å². The van der Waals surface area contributed by atoms with E-state index in [4.69, 9.17) is 0 Å². The summed E-state index contributed by atoms with van der Waals surface area (Å²) in [6.07, 6.45) is 11.9. The Morgan fingerprint density at radius 2 is 1.50 bits per heavy atom. The number of aliphatic hydroxyl groups is 1. The third-order valence-corrected chi connectivity index (χ3v) is 6.56. The summed E-state index contributed by atoms with van der Waals surface area (Å²) < 4.78 is 0. The fourth-order valence-corrected chi connectivity index (χ4v) is 5.93. The van der Waals surface area contributed by atoms with E-state index in [1.54, 1.807) is 0 Å². The highest BCUT2D eigenvalue weighted by Gasteiger charge is 2.59. The maximum absolute atomic E-state index is 11.5. The second kappa shape index (κ2) is 4.21. The minimum Gasteiger partial charge on any atom is -0.388 e. The van der Waals surface area contributed by atoms with Gasteiger partial charge in [0.25, 0.3) is 0 Å². The Hall–Kier alpha value is -0.0800. The summed E-state index contributed by atoms with van der Waals surface area (Å²) >= 11 is 0. The van der Waals surface area contributed by atoms with E-state index in [0.717, 1.165) is 18.4 Å². The summed E-state index contributed by atoms with van der Waals surface area (Å²) in [7, 11) is 0. The molecule has 4 saturated carbocycles. The molecule has 2 N–H and O–H groups in total. The van der Waals surface area contributed by atoms with Crippen LogP contribution in [0, 0.1) is 23.7 Å². The molecule has 5 rings (SSSR count). The number of nitrogens with one attached hydrogen (secondary N) is 1. The zero-order valence-electron chi connectivity index (χ0n) is 11.4. The molecular weight excluding hydrogens is 222 g/mol. The van der Waals surface area contributed by atoms with E-state index in [0.29, 0.717) is 17.9 Å². The molecule has 18 heavy (non-hydrogen) atoms. The summed E-state index contributed by atoms with van der Waals surface area (Å²) in [6, 6.07) is 0.398. The van der Waals surface area contributed by atoms with Gasteiger partial charge >= 0.3 is 0 Å². The maximum atomic E-state index is 11.5. The second-order valence-electron chi connectivity index (χ2n) is 7.55. The Morgan fingerprint density at radius 3 is 2.17 bits per heavy atom. The van der Waals surface area contributed by atoms with Crippen LogP contribution in [0.3, 0.4) is 0 Å². The minimum absolute atomic E-state index is 0.349. The monoisotopic (exact) mass is 249 g/mol. The molecule has 1 unspecified atom stereocenters. The van der Waals surface area contributed by atoms with E-state index < -0.39 is 0 Å². The minimum atomic E-state index is -0.349. The fourth-order valence-electron chi connectivity index (χ4n) is 5.93. The van der Waals surface area contributed by atoms with E-state index in [-0.39, 0.29) is 5.60 Å². The SMILES string of the molecule is OC1(C2CCCCCN2)C2CC3CC(C2)CC1C3. The lowest BCUT2D eigenvalue weighted by atomic mass is 9.48. The van der Waals surface area contributed by atoms with Gasteiger partial charge in [0.05, 0.1) is 5.60 Å². The van der Waals surface area contributed by atoms with E-state index in [2.05, 4.69) is 5.32 Å². The van der Waals surface area contributed by atoms with Crippen molar-refractivity contribution < 1.29 is 5.11 Å². The standard InChI is InChI=1S/C16H27NO/c18-16(15-4-2-1-3-5-17-15)13-7-11-6-12(9-13)10-14(16)8-11/h11-15,17-18H,1-10H2. The Bertz CT molecular complexity index is 291. The third kappa shape index (κ3) is 1.61. The van der Waals surface area contributed by atoms with E-state index in [1.807, 2.05) is 0 Å². The highest BCUT2D eigenvalue weighted by Crippen LogP contribution is 2.59. The van der Waals surface area contributed by atoms with Crippen LogP contribution in [-0.4, -0.2) is 23.3 Å². The Kier molecular flexibility index (Phi) is 2.74. The predicted octanol–water partition coefficient (Wildman–Crippen LogP) is 2.71. The van der Waals surface area contributed by atoms with Crippen LogP contribution < -0.4 is 5.32 Å². The lowest BCUT2D eigenvalue weighted by Gasteiger charge is -2.61. The molecule has 0 aromatic heterocycles. The summed E-state index contributed by atoms with van der Waals surface area (Å²) in [6.45, 7) is 1.12. The smallest absolute Gasteiger partial charge is 0.0856 e. The van der Waals surface area contributed by atoms with Gasteiger partial charge in [-0.3, -0.25) is 0 Å². The molecule has 0 aromatic carbocycles. The highest BCUT2D eigenvalue weighted by atomic mass is 16.3. The van der Waals surface area contributed by atoms with E-state index in [1.165, 1.54) is 57.8 Å². The Morgan fingerprint density at radius 1 is 0.833 bits per heavy atom. The average molecular weight is 249 g/mol. The maximum Gasteiger partial charge on any atom is 0.0856 e. The summed E-state index contributed by atoms with van der Waals surface area (Å²) in [5, 5.41) is 15.2. The summed E-state index contributed by atoms with van der Waals surface area (Å²) in [5.41, 5.74) is -0.349. The molecule has 1 aliphatic heterocycles. The molecule has 102 valence electrons. The van der Waals surface area contributed by atoms with Crippen molar-refractivity contribution in [3.05, 3.63) is 0 Å². The predicted molar refractivity (Wildman–Crippen MR) is 72.3 cm³/mol. The first-order valence-corrected chi connectivity index (χ1v) is 8.22. The summed E-state index contributed by atoms with van der Waals surface area (Å²) in [4.78, 5) is 0. The van der Waals surface area contributed by atoms with Crippen molar-refractivity contribution in [3.63, 3.8) is 0 Å². The molecule has 0 aromatic rings. The fraction of sp³-hybridized carbons (Fsp3) is 1.00. The molecule has 2 heteroatoms. The van der Waals surface area contributed by atoms with Crippen LogP contribution in [0.1, 0.15) is 57.8 Å². The van der Waals surface area contributed by atoms with Gasteiger partial charge in [-0.2, -0.15) is 0 Å². The van der Waals surface area contributed by atoms with E-state index in [9.17, 15) is 5.11 Å². The molecular formula is C16H27NO. The lowest BCUT2D eigenvalue weighted by Crippen LogP contribution is -2.66. The van der Waals surface area contributed by atoms with Crippen molar-refractivity contribution >= 4 is 0 Å². The van der Waals surface area contributed by atoms with Crippen molar-refractivity contribution in [2.75, 3.05) is 6.54 Å². The molecule has 4 bridgehead atoms. The van der Waals surface area contributed by atoms with Crippen LogP contribution >= 0.6 is 0 Å². The molecule has 0 radical (unpaired) electrons. The van der Waals surface area contributed by atoms with Gasteiger partial charge < -0.3 is 10.4 Å². The first-order chi connectivity index (χ1) is 8.77. The Labute approximate surface area is 111 Å². The quantitative estimate of drug-likeness (QED) is 0.749. The molecule has 4 aliphatic carbocycles. The lowest BCUT2D eigenvalue weighted by molar-refractivity contribution is -0.189. The first kappa shape index (κ1) is 11.7. The second-order valence-corrected chi connectivity index (χ2v) is 7.55. The van der Waals surface area contributed by atoms with Gasteiger partial charge in [-0.05, 0) is 75.2 Å². The Balaban J connectivity index is 1.61. The largest absolute Gasteiger partial charge is 0.388 e. The average Bonchev–Trinajstić information content (AvgIpc) is 2.64. The first-order valence-electron chi connectivity index (χ1n) is 8.22. The van der Waals surface area contributed by atoms with Crippen molar-refractivity contribution in [3.8, 4) is 0 Å².